The molecule has 1 N–H and O–H groups in total. The van der Waals surface area contributed by atoms with Crippen LogP contribution in [-0.2, 0) is 11.2 Å². The van der Waals surface area contributed by atoms with E-state index in [1.165, 1.54) is 23.5 Å². The lowest BCUT2D eigenvalue weighted by Crippen LogP contribution is -2.28. The predicted octanol–water partition coefficient (Wildman–Crippen LogP) is 2.72. The number of non-ortho nitro benzene ring substituents is 1. The zero-order valence-electron chi connectivity index (χ0n) is 12.3. The average Bonchev–Trinajstić information content (AvgIpc) is 3.08. The molecule has 2 aromatic heterocycles. The summed E-state index contributed by atoms with van der Waals surface area (Å²) < 4.78 is 1.87. The summed E-state index contributed by atoms with van der Waals surface area (Å²) in [4.78, 5) is 27.7. The van der Waals surface area contributed by atoms with E-state index >= 15 is 0 Å². The third-order valence-electron chi connectivity index (χ3n) is 3.44. The first kappa shape index (κ1) is 15.2. The SMILES string of the molecule is CC(NC(=O)Cc1cn2ccsc2n1)c1cccc([N+](=O)[O-])c1. The molecule has 0 bridgehead atoms. The molecule has 1 amide bonds. The van der Waals surface area contributed by atoms with E-state index in [4.69, 9.17) is 0 Å². The maximum absolute atomic E-state index is 12.1. The molecule has 0 saturated heterocycles. The van der Waals surface area contributed by atoms with Crippen LogP contribution in [0.5, 0.6) is 0 Å². The van der Waals surface area contributed by atoms with E-state index in [1.807, 2.05) is 22.2 Å². The summed E-state index contributed by atoms with van der Waals surface area (Å²) in [5, 5.41) is 15.6. The van der Waals surface area contributed by atoms with Crippen molar-refractivity contribution in [3.05, 3.63) is 63.4 Å². The van der Waals surface area contributed by atoms with Crippen molar-refractivity contribution >= 4 is 27.9 Å². The van der Waals surface area contributed by atoms with Gasteiger partial charge in [0, 0.05) is 29.9 Å². The minimum atomic E-state index is -0.449. The summed E-state index contributed by atoms with van der Waals surface area (Å²) in [7, 11) is 0. The van der Waals surface area contributed by atoms with Gasteiger partial charge in [0.1, 0.15) is 0 Å². The highest BCUT2D eigenvalue weighted by Crippen LogP contribution is 2.19. The molecule has 0 aliphatic carbocycles. The quantitative estimate of drug-likeness (QED) is 0.575. The number of rotatable bonds is 5. The van der Waals surface area contributed by atoms with Crippen molar-refractivity contribution in [2.24, 2.45) is 0 Å². The van der Waals surface area contributed by atoms with Crippen molar-refractivity contribution in [1.29, 1.82) is 0 Å². The fourth-order valence-corrected chi connectivity index (χ4v) is 3.03. The molecule has 7 nitrogen and oxygen atoms in total. The molecule has 0 spiro atoms. The predicted molar refractivity (Wildman–Crippen MR) is 86.4 cm³/mol. The molecule has 0 fully saturated rings. The standard InChI is InChI=1S/C15H14N4O3S/c1-10(11-3-2-4-13(7-11)19(21)22)16-14(20)8-12-9-18-5-6-23-15(18)17-12/h2-7,9-10H,8H2,1H3,(H,16,20). The van der Waals surface area contributed by atoms with E-state index in [-0.39, 0.29) is 24.1 Å². The second-order valence-electron chi connectivity index (χ2n) is 5.14. The number of fused-ring (bicyclic) bond motifs is 1. The Morgan fingerprint density at radius 2 is 2.35 bits per heavy atom. The molecule has 0 aliphatic rings. The molecule has 3 aromatic rings. The first-order valence-corrected chi connectivity index (χ1v) is 7.85. The Balaban J connectivity index is 1.66. The van der Waals surface area contributed by atoms with Crippen LogP contribution in [0.15, 0.2) is 42.0 Å². The summed E-state index contributed by atoms with van der Waals surface area (Å²) in [6.45, 7) is 1.79. The molecule has 1 unspecified atom stereocenters. The molecule has 0 radical (unpaired) electrons. The smallest absolute Gasteiger partial charge is 0.269 e. The van der Waals surface area contributed by atoms with Crippen LogP contribution in [0.25, 0.3) is 4.96 Å². The summed E-state index contributed by atoms with van der Waals surface area (Å²) in [6.07, 6.45) is 3.89. The Morgan fingerprint density at radius 1 is 1.52 bits per heavy atom. The van der Waals surface area contributed by atoms with E-state index in [0.717, 1.165) is 4.96 Å². The number of thiazole rings is 1. The molecule has 8 heteroatoms. The van der Waals surface area contributed by atoms with Gasteiger partial charge in [-0.1, -0.05) is 12.1 Å². The van der Waals surface area contributed by atoms with Crippen LogP contribution in [-0.4, -0.2) is 20.2 Å². The van der Waals surface area contributed by atoms with Gasteiger partial charge in [0.25, 0.3) is 5.69 Å². The van der Waals surface area contributed by atoms with Gasteiger partial charge in [-0.3, -0.25) is 19.3 Å². The molecule has 2 heterocycles. The summed E-state index contributed by atoms with van der Waals surface area (Å²) >= 11 is 1.51. The van der Waals surface area contributed by atoms with E-state index < -0.39 is 4.92 Å². The van der Waals surface area contributed by atoms with Crippen molar-refractivity contribution in [3.8, 4) is 0 Å². The Bertz CT molecular complexity index is 842. The molecule has 1 aromatic carbocycles. The van der Waals surface area contributed by atoms with E-state index in [9.17, 15) is 14.9 Å². The number of aromatic nitrogens is 2. The highest BCUT2D eigenvalue weighted by molar-refractivity contribution is 7.15. The van der Waals surface area contributed by atoms with Crippen molar-refractivity contribution in [2.45, 2.75) is 19.4 Å². The van der Waals surface area contributed by atoms with Crippen LogP contribution < -0.4 is 5.32 Å². The first-order valence-electron chi connectivity index (χ1n) is 6.98. The topological polar surface area (TPSA) is 89.5 Å². The van der Waals surface area contributed by atoms with E-state index in [2.05, 4.69) is 10.3 Å². The fourth-order valence-electron chi connectivity index (χ4n) is 2.31. The largest absolute Gasteiger partial charge is 0.349 e. The number of amides is 1. The number of imidazole rings is 1. The van der Waals surface area contributed by atoms with Gasteiger partial charge < -0.3 is 5.32 Å². The molecule has 0 saturated carbocycles. The number of nitrogens with one attached hydrogen (secondary N) is 1. The van der Waals surface area contributed by atoms with Gasteiger partial charge in [-0.2, -0.15) is 0 Å². The Hall–Kier alpha value is -2.74. The van der Waals surface area contributed by atoms with Crippen LogP contribution >= 0.6 is 11.3 Å². The van der Waals surface area contributed by atoms with Crippen LogP contribution in [0.2, 0.25) is 0 Å². The summed E-state index contributed by atoms with van der Waals surface area (Å²) in [6, 6.07) is 5.95. The zero-order chi connectivity index (χ0) is 16.4. The van der Waals surface area contributed by atoms with Crippen LogP contribution in [0, 0.1) is 10.1 Å². The minimum Gasteiger partial charge on any atom is -0.349 e. The second-order valence-corrected chi connectivity index (χ2v) is 6.02. The third kappa shape index (κ3) is 3.37. The normalized spacial score (nSPS) is 12.2. The van der Waals surface area contributed by atoms with Gasteiger partial charge in [0.15, 0.2) is 4.96 Å². The third-order valence-corrected chi connectivity index (χ3v) is 4.21. The lowest BCUT2D eigenvalue weighted by Gasteiger charge is -2.13. The highest BCUT2D eigenvalue weighted by Gasteiger charge is 2.14. The minimum absolute atomic E-state index is 0.0120. The molecule has 0 aliphatic heterocycles. The molecule has 1 atom stereocenters. The summed E-state index contributed by atoms with van der Waals surface area (Å²) in [5.74, 6) is -0.172. The maximum atomic E-state index is 12.1. The zero-order valence-corrected chi connectivity index (χ0v) is 13.1. The maximum Gasteiger partial charge on any atom is 0.269 e. The van der Waals surface area contributed by atoms with Gasteiger partial charge in [-0.05, 0) is 12.5 Å². The molecule has 118 valence electrons. The number of nitro groups is 1. The average molecular weight is 330 g/mol. The second kappa shape index (κ2) is 6.17. The van der Waals surface area contributed by atoms with Gasteiger partial charge in [-0.25, -0.2) is 4.98 Å². The lowest BCUT2D eigenvalue weighted by atomic mass is 10.1. The van der Waals surface area contributed by atoms with Crippen molar-refractivity contribution < 1.29 is 9.72 Å². The monoisotopic (exact) mass is 330 g/mol. The number of carbonyl (C=O) groups excluding carboxylic acids is 1. The number of hydrogen-bond donors (Lipinski definition) is 1. The van der Waals surface area contributed by atoms with Gasteiger partial charge in [0.05, 0.1) is 23.1 Å². The number of benzene rings is 1. The number of carbonyl (C=O) groups is 1. The molecular weight excluding hydrogens is 316 g/mol. The van der Waals surface area contributed by atoms with Crippen molar-refractivity contribution in [2.75, 3.05) is 0 Å². The van der Waals surface area contributed by atoms with Crippen LogP contribution in [0.3, 0.4) is 0 Å². The van der Waals surface area contributed by atoms with E-state index in [1.54, 1.807) is 19.1 Å². The Labute approximate surface area is 135 Å². The van der Waals surface area contributed by atoms with Crippen LogP contribution in [0.4, 0.5) is 5.69 Å². The summed E-state index contributed by atoms with van der Waals surface area (Å²) in [5.41, 5.74) is 1.40. The molecular formula is C15H14N4O3S. The lowest BCUT2D eigenvalue weighted by molar-refractivity contribution is -0.384. The fraction of sp³-hybridized carbons (Fsp3) is 0.200. The van der Waals surface area contributed by atoms with Gasteiger partial charge in [-0.15, -0.1) is 11.3 Å². The van der Waals surface area contributed by atoms with Crippen molar-refractivity contribution in [1.82, 2.24) is 14.7 Å². The first-order chi connectivity index (χ1) is 11.0. The Morgan fingerprint density at radius 3 is 3.09 bits per heavy atom. The molecule has 3 rings (SSSR count). The highest BCUT2D eigenvalue weighted by atomic mass is 32.1. The number of nitro benzene ring substituents is 1. The molecule has 23 heavy (non-hydrogen) atoms. The van der Waals surface area contributed by atoms with Crippen LogP contribution in [0.1, 0.15) is 24.2 Å². The number of nitrogens with zero attached hydrogens (tertiary/aromatic N) is 3. The van der Waals surface area contributed by atoms with Gasteiger partial charge >= 0.3 is 0 Å². The van der Waals surface area contributed by atoms with Gasteiger partial charge in [0.2, 0.25) is 5.91 Å². The van der Waals surface area contributed by atoms with Crippen molar-refractivity contribution in [3.63, 3.8) is 0 Å². The number of hydrogen-bond acceptors (Lipinski definition) is 5. The Kier molecular flexibility index (Phi) is 4.07. The van der Waals surface area contributed by atoms with E-state index in [0.29, 0.717) is 11.3 Å².